The smallest absolute Gasteiger partial charge is 0.242 e. The van der Waals surface area contributed by atoms with E-state index in [1.54, 1.807) is 18.4 Å². The number of anilines is 1. The van der Waals surface area contributed by atoms with Crippen LogP contribution in [-0.2, 0) is 16.4 Å². The van der Waals surface area contributed by atoms with E-state index in [4.69, 9.17) is 10.2 Å². The van der Waals surface area contributed by atoms with E-state index in [9.17, 15) is 8.42 Å². The Kier molecular flexibility index (Phi) is 5.08. The van der Waals surface area contributed by atoms with Crippen LogP contribution in [0.4, 0.5) is 5.69 Å². The average molecular weight is 373 g/mol. The van der Waals surface area contributed by atoms with Gasteiger partial charge in [-0.15, -0.1) is 0 Å². The fraction of sp³-hybridized carbons (Fsp3) is 0.286. The van der Waals surface area contributed by atoms with Gasteiger partial charge >= 0.3 is 0 Å². The van der Waals surface area contributed by atoms with Crippen LogP contribution in [0.2, 0.25) is 0 Å². The van der Waals surface area contributed by atoms with Gasteiger partial charge in [0.1, 0.15) is 5.76 Å². The molecule has 1 heterocycles. The van der Waals surface area contributed by atoms with Crippen molar-refractivity contribution in [2.45, 2.75) is 30.7 Å². The van der Waals surface area contributed by atoms with Crippen LogP contribution in [-0.4, -0.2) is 14.5 Å². The van der Waals surface area contributed by atoms with Crippen LogP contribution in [0, 0.1) is 0 Å². The highest BCUT2D eigenvalue weighted by Crippen LogP contribution is 2.24. The van der Waals surface area contributed by atoms with Crippen molar-refractivity contribution < 1.29 is 12.8 Å². The maximum absolute atomic E-state index is 12.4. The molecule has 2 rings (SSSR count). The number of halogens is 1. The summed E-state index contributed by atoms with van der Waals surface area (Å²) in [6.07, 6.45) is 2.93. The Morgan fingerprint density at radius 2 is 2.14 bits per heavy atom. The lowest BCUT2D eigenvalue weighted by Gasteiger charge is -2.15. The zero-order valence-corrected chi connectivity index (χ0v) is 13.9. The molecule has 1 atom stereocenters. The third kappa shape index (κ3) is 4.33. The molecule has 0 fully saturated rings. The predicted molar refractivity (Wildman–Crippen MR) is 85.4 cm³/mol. The van der Waals surface area contributed by atoms with Gasteiger partial charge < -0.3 is 10.2 Å². The molecule has 21 heavy (non-hydrogen) atoms. The molecule has 0 bridgehead atoms. The molecule has 0 saturated heterocycles. The fourth-order valence-electron chi connectivity index (χ4n) is 1.93. The Balaban J connectivity index is 2.04. The molecule has 5 nitrogen and oxygen atoms in total. The normalized spacial score (nSPS) is 13.2. The summed E-state index contributed by atoms with van der Waals surface area (Å²) < 4.78 is 33.1. The second-order valence-electron chi connectivity index (χ2n) is 4.83. The van der Waals surface area contributed by atoms with Crippen molar-refractivity contribution in [3.63, 3.8) is 0 Å². The number of hydrogen-bond donors (Lipinski definition) is 2. The molecule has 3 N–H and O–H groups in total. The van der Waals surface area contributed by atoms with Crippen LogP contribution in [0.25, 0.3) is 0 Å². The largest absolute Gasteiger partial charge is 0.469 e. The molecular formula is C14H17BrN2O3S. The van der Waals surface area contributed by atoms with Crippen LogP contribution >= 0.6 is 15.9 Å². The first-order valence-corrected chi connectivity index (χ1v) is 8.76. The average Bonchev–Trinajstić information content (AvgIpc) is 2.92. The Hall–Kier alpha value is -1.31. The first-order valence-electron chi connectivity index (χ1n) is 6.48. The summed E-state index contributed by atoms with van der Waals surface area (Å²) in [7, 11) is -3.61. The lowest BCUT2D eigenvalue weighted by atomic mass is 10.2. The Morgan fingerprint density at radius 1 is 1.38 bits per heavy atom. The molecule has 0 aliphatic rings. The molecule has 7 heteroatoms. The lowest BCUT2D eigenvalue weighted by molar-refractivity contribution is 0.480. The second-order valence-corrected chi connectivity index (χ2v) is 7.37. The third-order valence-electron chi connectivity index (χ3n) is 3.00. The SMILES string of the molecule is CC(CCc1ccco1)NS(=O)(=O)c1cc(N)ccc1Br. The molecule has 1 aromatic carbocycles. The number of furan rings is 1. The van der Waals surface area contributed by atoms with Gasteiger partial charge in [-0.1, -0.05) is 0 Å². The molecule has 1 aromatic heterocycles. The number of benzene rings is 1. The molecule has 0 radical (unpaired) electrons. The summed E-state index contributed by atoms with van der Waals surface area (Å²) in [6, 6.07) is 8.17. The number of nitrogens with two attached hydrogens (primary N) is 1. The standard InChI is InChI=1S/C14H17BrN2O3S/c1-10(4-6-12-3-2-8-20-12)17-21(18,19)14-9-11(16)5-7-13(14)15/h2-3,5,7-10,17H,4,6,16H2,1H3. The molecule has 0 aliphatic carbocycles. The van der Waals surface area contributed by atoms with E-state index in [2.05, 4.69) is 20.7 Å². The first-order chi connectivity index (χ1) is 9.88. The number of sulfonamides is 1. The third-order valence-corrected chi connectivity index (χ3v) is 5.59. The molecule has 0 saturated carbocycles. The summed E-state index contributed by atoms with van der Waals surface area (Å²) in [6.45, 7) is 1.82. The zero-order chi connectivity index (χ0) is 15.5. The minimum absolute atomic E-state index is 0.146. The maximum Gasteiger partial charge on any atom is 0.242 e. The predicted octanol–water partition coefficient (Wildman–Crippen LogP) is 2.92. The topological polar surface area (TPSA) is 85.3 Å². The van der Waals surface area contributed by atoms with Crippen LogP contribution in [0.5, 0.6) is 0 Å². The van der Waals surface area contributed by atoms with E-state index in [1.807, 2.05) is 19.1 Å². The van der Waals surface area contributed by atoms with E-state index >= 15 is 0 Å². The van der Waals surface area contributed by atoms with Gasteiger partial charge in [0.05, 0.1) is 11.2 Å². The van der Waals surface area contributed by atoms with Gasteiger partial charge in [0.25, 0.3) is 0 Å². The maximum atomic E-state index is 12.4. The molecule has 0 amide bonds. The summed E-state index contributed by atoms with van der Waals surface area (Å²) in [5, 5.41) is 0. The number of rotatable bonds is 6. The van der Waals surface area contributed by atoms with E-state index in [0.717, 1.165) is 5.76 Å². The van der Waals surface area contributed by atoms with Crippen LogP contribution in [0.1, 0.15) is 19.1 Å². The van der Waals surface area contributed by atoms with Crippen LogP contribution in [0.3, 0.4) is 0 Å². The highest BCUT2D eigenvalue weighted by atomic mass is 79.9. The lowest BCUT2D eigenvalue weighted by Crippen LogP contribution is -2.33. The van der Waals surface area contributed by atoms with Gasteiger partial charge in [-0.25, -0.2) is 13.1 Å². The molecule has 0 spiro atoms. The monoisotopic (exact) mass is 372 g/mol. The van der Waals surface area contributed by atoms with Gasteiger partial charge in [0.2, 0.25) is 10.0 Å². The van der Waals surface area contributed by atoms with E-state index in [0.29, 0.717) is 23.0 Å². The highest BCUT2D eigenvalue weighted by molar-refractivity contribution is 9.10. The van der Waals surface area contributed by atoms with Gasteiger partial charge in [-0.3, -0.25) is 0 Å². The molecule has 2 aromatic rings. The van der Waals surface area contributed by atoms with Crippen LogP contribution in [0.15, 0.2) is 50.4 Å². The van der Waals surface area contributed by atoms with Crippen molar-refractivity contribution >= 4 is 31.6 Å². The summed E-state index contributed by atoms with van der Waals surface area (Å²) >= 11 is 3.24. The first kappa shape index (κ1) is 16.1. The minimum Gasteiger partial charge on any atom is -0.469 e. The summed E-state index contributed by atoms with van der Waals surface area (Å²) in [5.41, 5.74) is 6.06. The minimum atomic E-state index is -3.61. The Morgan fingerprint density at radius 3 is 2.81 bits per heavy atom. The molecular weight excluding hydrogens is 356 g/mol. The van der Waals surface area contributed by atoms with Crippen molar-refractivity contribution in [1.29, 1.82) is 0 Å². The highest BCUT2D eigenvalue weighted by Gasteiger charge is 2.20. The molecule has 114 valence electrons. The number of aryl methyl sites for hydroxylation is 1. The Bertz CT molecular complexity index is 699. The quantitative estimate of drug-likeness (QED) is 0.763. The van der Waals surface area contributed by atoms with Crippen LogP contribution < -0.4 is 10.5 Å². The summed E-state index contributed by atoms with van der Waals surface area (Å²) in [4.78, 5) is 0.146. The van der Waals surface area contributed by atoms with Crippen molar-refractivity contribution in [3.8, 4) is 0 Å². The number of hydrogen-bond acceptors (Lipinski definition) is 4. The number of nitrogen functional groups attached to an aromatic ring is 1. The van der Waals surface area contributed by atoms with Gasteiger partial charge in [-0.2, -0.15) is 0 Å². The zero-order valence-electron chi connectivity index (χ0n) is 11.5. The van der Waals surface area contributed by atoms with Crippen molar-refractivity contribution in [3.05, 3.63) is 46.8 Å². The fourth-order valence-corrected chi connectivity index (χ4v) is 4.20. The Labute approximate surface area is 132 Å². The second kappa shape index (κ2) is 6.64. The van der Waals surface area contributed by atoms with Gasteiger partial charge in [0.15, 0.2) is 0 Å². The van der Waals surface area contributed by atoms with Crippen molar-refractivity contribution in [1.82, 2.24) is 4.72 Å². The summed E-state index contributed by atoms with van der Waals surface area (Å²) in [5.74, 6) is 0.839. The van der Waals surface area contributed by atoms with E-state index in [1.165, 1.54) is 6.07 Å². The van der Waals surface area contributed by atoms with Gasteiger partial charge in [0, 0.05) is 22.6 Å². The van der Waals surface area contributed by atoms with E-state index in [-0.39, 0.29) is 10.9 Å². The van der Waals surface area contributed by atoms with Gasteiger partial charge in [-0.05, 0) is 59.6 Å². The molecule has 1 unspecified atom stereocenters. The molecule has 0 aliphatic heterocycles. The number of nitrogens with one attached hydrogen (secondary N) is 1. The van der Waals surface area contributed by atoms with Crippen molar-refractivity contribution in [2.24, 2.45) is 0 Å². The van der Waals surface area contributed by atoms with Crippen molar-refractivity contribution in [2.75, 3.05) is 5.73 Å². The van der Waals surface area contributed by atoms with E-state index < -0.39 is 10.0 Å².